The Bertz CT molecular complexity index is 979. The van der Waals surface area contributed by atoms with Gasteiger partial charge in [-0.25, -0.2) is 4.98 Å². The van der Waals surface area contributed by atoms with E-state index >= 15 is 0 Å². The van der Waals surface area contributed by atoms with Gasteiger partial charge in [0.1, 0.15) is 0 Å². The van der Waals surface area contributed by atoms with Crippen molar-refractivity contribution in [3.05, 3.63) is 72.3 Å². The molecule has 130 valence electrons. The minimum absolute atomic E-state index is 0.143. The van der Waals surface area contributed by atoms with Gasteiger partial charge in [0.05, 0.1) is 12.2 Å². The number of hydrogen-bond donors (Lipinski definition) is 2. The van der Waals surface area contributed by atoms with Crippen LogP contribution in [0.5, 0.6) is 0 Å². The number of hydrogen-bond acceptors (Lipinski definition) is 3. The molecular weight excluding hydrogens is 328 g/mol. The maximum Gasteiger partial charge on any atom is 0.232 e. The van der Waals surface area contributed by atoms with Crippen LogP contribution >= 0.6 is 0 Å². The van der Waals surface area contributed by atoms with E-state index in [4.69, 9.17) is 0 Å². The first-order valence-electron chi connectivity index (χ1n) is 8.40. The van der Waals surface area contributed by atoms with Gasteiger partial charge in [-0.2, -0.15) is 0 Å². The van der Waals surface area contributed by atoms with Gasteiger partial charge in [-0.05, 0) is 42.3 Å². The van der Waals surface area contributed by atoms with Crippen molar-refractivity contribution in [1.82, 2.24) is 9.55 Å². The normalized spacial score (nSPS) is 15.9. The van der Waals surface area contributed by atoms with Crippen LogP contribution in [0.15, 0.2) is 61.2 Å². The molecule has 26 heavy (non-hydrogen) atoms. The van der Waals surface area contributed by atoms with Crippen molar-refractivity contribution in [2.45, 2.75) is 19.3 Å². The van der Waals surface area contributed by atoms with Gasteiger partial charge in [0, 0.05) is 35.9 Å². The molecule has 2 N–H and O–H groups in total. The van der Waals surface area contributed by atoms with Crippen LogP contribution in [0.3, 0.4) is 0 Å². The minimum atomic E-state index is -0.492. The Balaban J connectivity index is 1.57. The fraction of sp³-hybridized carbons (Fsp3) is 0.150. The van der Waals surface area contributed by atoms with Gasteiger partial charge in [0.25, 0.3) is 0 Å². The quantitative estimate of drug-likeness (QED) is 0.764. The molecule has 6 heteroatoms. The molecule has 0 spiro atoms. The van der Waals surface area contributed by atoms with Crippen molar-refractivity contribution < 1.29 is 9.59 Å². The zero-order valence-corrected chi connectivity index (χ0v) is 14.3. The molecule has 0 radical (unpaired) electrons. The summed E-state index contributed by atoms with van der Waals surface area (Å²) < 4.78 is 1.92. The Labute approximate surface area is 150 Å². The molecule has 4 rings (SSSR count). The smallest absolute Gasteiger partial charge is 0.232 e. The molecule has 0 saturated carbocycles. The van der Waals surface area contributed by atoms with E-state index in [9.17, 15) is 9.59 Å². The number of carbonyl (C=O) groups is 2. The van der Waals surface area contributed by atoms with Crippen LogP contribution in [0.4, 0.5) is 11.4 Å². The van der Waals surface area contributed by atoms with Gasteiger partial charge < -0.3 is 15.2 Å². The zero-order chi connectivity index (χ0) is 18.1. The van der Waals surface area contributed by atoms with E-state index in [0.717, 1.165) is 16.8 Å². The van der Waals surface area contributed by atoms with Gasteiger partial charge in [-0.3, -0.25) is 9.59 Å². The fourth-order valence-corrected chi connectivity index (χ4v) is 3.30. The first-order valence-corrected chi connectivity index (χ1v) is 8.40. The van der Waals surface area contributed by atoms with Crippen molar-refractivity contribution in [2.75, 3.05) is 10.6 Å². The number of rotatable bonds is 3. The highest BCUT2D eigenvalue weighted by atomic mass is 16.2. The van der Waals surface area contributed by atoms with Gasteiger partial charge in [-0.1, -0.05) is 18.2 Å². The molecular formula is C20H18N4O2. The van der Waals surface area contributed by atoms with E-state index in [1.54, 1.807) is 12.5 Å². The maximum atomic E-state index is 12.8. The average Bonchev–Trinajstić information content (AvgIpc) is 3.15. The molecule has 3 aromatic rings. The number of benzene rings is 2. The molecule has 2 aromatic carbocycles. The number of imidazole rings is 1. The molecule has 0 aliphatic carbocycles. The lowest BCUT2D eigenvalue weighted by Crippen LogP contribution is -2.30. The van der Waals surface area contributed by atoms with E-state index in [2.05, 4.69) is 15.6 Å². The highest BCUT2D eigenvalue weighted by Gasteiger charge is 2.30. The predicted octanol–water partition coefficient (Wildman–Crippen LogP) is 3.25. The van der Waals surface area contributed by atoms with Crippen molar-refractivity contribution in [3.8, 4) is 5.69 Å². The summed E-state index contributed by atoms with van der Waals surface area (Å²) in [5.41, 5.74) is 4.28. The molecule has 1 aliphatic heterocycles. The summed E-state index contributed by atoms with van der Waals surface area (Å²) in [6.07, 6.45) is 5.48. The second-order valence-electron chi connectivity index (χ2n) is 6.35. The molecule has 0 fully saturated rings. The highest BCUT2D eigenvalue weighted by molar-refractivity contribution is 6.05. The Kier molecular flexibility index (Phi) is 4.01. The number of nitrogens with one attached hydrogen (secondary N) is 2. The average molecular weight is 346 g/mol. The van der Waals surface area contributed by atoms with Crippen LogP contribution in [-0.4, -0.2) is 21.4 Å². The molecule has 1 aromatic heterocycles. The third-order valence-corrected chi connectivity index (χ3v) is 4.56. The van der Waals surface area contributed by atoms with Crippen molar-refractivity contribution in [1.29, 1.82) is 0 Å². The number of carbonyl (C=O) groups excluding carboxylic acids is 2. The molecule has 1 unspecified atom stereocenters. The number of aromatic nitrogens is 2. The minimum Gasteiger partial charge on any atom is -0.326 e. The van der Waals surface area contributed by atoms with E-state index in [-0.39, 0.29) is 18.2 Å². The summed E-state index contributed by atoms with van der Waals surface area (Å²) in [7, 11) is 0. The van der Waals surface area contributed by atoms with E-state index in [1.807, 2.05) is 60.2 Å². The predicted molar refractivity (Wildman–Crippen MR) is 99.4 cm³/mol. The maximum absolute atomic E-state index is 12.8. The Hall–Kier alpha value is -3.41. The summed E-state index contributed by atoms with van der Waals surface area (Å²) >= 11 is 0. The van der Waals surface area contributed by atoms with Gasteiger partial charge in [-0.15, -0.1) is 0 Å². The lowest BCUT2D eigenvalue weighted by molar-refractivity contribution is -0.123. The van der Waals surface area contributed by atoms with Crippen LogP contribution in [0.2, 0.25) is 0 Å². The Morgan fingerprint density at radius 2 is 2.12 bits per heavy atom. The van der Waals surface area contributed by atoms with Gasteiger partial charge >= 0.3 is 0 Å². The first-order chi connectivity index (χ1) is 12.6. The number of para-hydroxylation sites is 1. The number of anilines is 2. The Morgan fingerprint density at radius 1 is 1.27 bits per heavy atom. The molecule has 0 bridgehead atoms. The fourth-order valence-electron chi connectivity index (χ4n) is 3.30. The third kappa shape index (κ3) is 2.97. The zero-order valence-electron chi connectivity index (χ0n) is 14.3. The SMILES string of the molecule is Cc1cc(NC(=O)C2CC(=O)Nc3ccccc32)ccc1-n1ccnc1. The second kappa shape index (κ2) is 6.48. The van der Waals surface area contributed by atoms with Crippen LogP contribution in [0.1, 0.15) is 23.5 Å². The monoisotopic (exact) mass is 346 g/mol. The van der Waals surface area contributed by atoms with Crippen molar-refractivity contribution >= 4 is 23.2 Å². The molecule has 2 amide bonds. The first kappa shape index (κ1) is 16.1. The van der Waals surface area contributed by atoms with Crippen LogP contribution < -0.4 is 10.6 Å². The molecule has 2 heterocycles. The Morgan fingerprint density at radius 3 is 2.88 bits per heavy atom. The summed E-state index contributed by atoms with van der Waals surface area (Å²) in [4.78, 5) is 28.8. The van der Waals surface area contributed by atoms with Gasteiger partial charge in [0.15, 0.2) is 0 Å². The topological polar surface area (TPSA) is 76.0 Å². The van der Waals surface area contributed by atoms with E-state index < -0.39 is 5.92 Å². The highest BCUT2D eigenvalue weighted by Crippen LogP contribution is 2.33. The third-order valence-electron chi connectivity index (χ3n) is 4.56. The van der Waals surface area contributed by atoms with Crippen LogP contribution in [0.25, 0.3) is 5.69 Å². The number of aryl methyl sites for hydroxylation is 1. The molecule has 1 aliphatic rings. The van der Waals surface area contributed by atoms with Crippen molar-refractivity contribution in [2.24, 2.45) is 0 Å². The number of nitrogens with zero attached hydrogens (tertiary/aromatic N) is 2. The van der Waals surface area contributed by atoms with Gasteiger partial charge in [0.2, 0.25) is 11.8 Å². The number of amides is 2. The van der Waals surface area contributed by atoms with Crippen LogP contribution in [-0.2, 0) is 9.59 Å². The molecule has 1 atom stereocenters. The summed E-state index contributed by atoms with van der Waals surface area (Å²) in [6, 6.07) is 13.1. The summed E-state index contributed by atoms with van der Waals surface area (Å²) in [6.45, 7) is 1.98. The second-order valence-corrected chi connectivity index (χ2v) is 6.35. The van der Waals surface area contributed by atoms with E-state index in [0.29, 0.717) is 11.4 Å². The lowest BCUT2D eigenvalue weighted by atomic mass is 9.89. The standard InChI is InChI=1S/C20H18N4O2/c1-13-10-14(6-7-18(13)24-9-8-21-12-24)22-20(26)16-11-19(25)23-17-5-3-2-4-15(16)17/h2-10,12,16H,11H2,1H3,(H,22,26)(H,23,25). The number of fused-ring (bicyclic) bond motifs is 1. The van der Waals surface area contributed by atoms with Crippen molar-refractivity contribution in [3.63, 3.8) is 0 Å². The lowest BCUT2D eigenvalue weighted by Gasteiger charge is -2.24. The largest absolute Gasteiger partial charge is 0.326 e. The van der Waals surface area contributed by atoms with E-state index in [1.165, 1.54) is 0 Å². The van der Waals surface area contributed by atoms with Crippen LogP contribution in [0, 0.1) is 6.92 Å². The summed E-state index contributed by atoms with van der Waals surface area (Å²) in [5.74, 6) is -0.814. The molecule has 0 saturated heterocycles. The summed E-state index contributed by atoms with van der Waals surface area (Å²) in [5, 5.41) is 5.76. The molecule has 6 nitrogen and oxygen atoms in total.